The van der Waals surface area contributed by atoms with Gasteiger partial charge in [0.05, 0.1) is 0 Å². The van der Waals surface area contributed by atoms with Crippen molar-refractivity contribution >= 4 is 16.1 Å². The summed E-state index contributed by atoms with van der Waals surface area (Å²) in [5.74, 6) is -0.00517. The van der Waals surface area contributed by atoms with Crippen molar-refractivity contribution in [1.82, 2.24) is 13.5 Å². The lowest BCUT2D eigenvalue weighted by Gasteiger charge is -2.36. The minimum atomic E-state index is -3.36. The van der Waals surface area contributed by atoms with Crippen molar-refractivity contribution in [1.29, 1.82) is 0 Å². The van der Waals surface area contributed by atoms with Crippen LogP contribution in [0, 0.1) is 13.8 Å². The number of benzene rings is 1. The molecule has 3 rings (SSSR count). The molecule has 7 heteroatoms. The Labute approximate surface area is 144 Å². The second-order valence-electron chi connectivity index (χ2n) is 6.55. The SMILES string of the molecule is Cc1cccc(C(=O)N2CCN(S(=O)(=O)N3CCCC3)CC2)c1C. The van der Waals surface area contributed by atoms with E-state index < -0.39 is 10.2 Å². The van der Waals surface area contributed by atoms with E-state index in [1.807, 2.05) is 32.0 Å². The van der Waals surface area contributed by atoms with Gasteiger partial charge in [0, 0.05) is 44.8 Å². The van der Waals surface area contributed by atoms with E-state index in [1.165, 1.54) is 4.31 Å². The molecule has 2 saturated heterocycles. The van der Waals surface area contributed by atoms with E-state index in [0.717, 1.165) is 24.0 Å². The second-order valence-corrected chi connectivity index (χ2v) is 8.48. The molecule has 0 N–H and O–H groups in total. The van der Waals surface area contributed by atoms with Crippen LogP contribution in [-0.4, -0.2) is 67.1 Å². The summed E-state index contributed by atoms with van der Waals surface area (Å²) in [7, 11) is -3.36. The molecule has 0 radical (unpaired) electrons. The summed E-state index contributed by atoms with van der Waals surface area (Å²) in [5, 5.41) is 0. The van der Waals surface area contributed by atoms with E-state index in [0.29, 0.717) is 44.8 Å². The van der Waals surface area contributed by atoms with Crippen LogP contribution in [0.5, 0.6) is 0 Å². The Morgan fingerprint density at radius 2 is 1.50 bits per heavy atom. The van der Waals surface area contributed by atoms with Crippen LogP contribution in [0.1, 0.15) is 34.3 Å². The lowest BCUT2D eigenvalue weighted by atomic mass is 10.0. The number of hydrogen-bond acceptors (Lipinski definition) is 3. The van der Waals surface area contributed by atoms with E-state index in [9.17, 15) is 13.2 Å². The average molecular weight is 351 g/mol. The molecule has 132 valence electrons. The summed E-state index contributed by atoms with van der Waals surface area (Å²) in [6.07, 6.45) is 1.87. The predicted octanol–water partition coefficient (Wildman–Crippen LogP) is 1.40. The third-order valence-electron chi connectivity index (χ3n) is 5.08. The fourth-order valence-electron chi connectivity index (χ4n) is 3.36. The van der Waals surface area contributed by atoms with Gasteiger partial charge in [-0.3, -0.25) is 4.79 Å². The van der Waals surface area contributed by atoms with Crippen molar-refractivity contribution in [3.05, 3.63) is 34.9 Å². The Kier molecular flexibility index (Phi) is 4.94. The zero-order valence-corrected chi connectivity index (χ0v) is 15.2. The van der Waals surface area contributed by atoms with Crippen molar-refractivity contribution in [3.63, 3.8) is 0 Å². The number of piperazine rings is 1. The molecule has 0 bridgehead atoms. The van der Waals surface area contributed by atoms with Crippen molar-refractivity contribution in [2.75, 3.05) is 39.3 Å². The molecule has 0 unspecified atom stereocenters. The van der Waals surface area contributed by atoms with Crippen molar-refractivity contribution < 1.29 is 13.2 Å². The summed E-state index contributed by atoms with van der Waals surface area (Å²) < 4.78 is 28.2. The van der Waals surface area contributed by atoms with Crippen LogP contribution in [0.3, 0.4) is 0 Å². The standard InChI is InChI=1S/C17H25N3O3S/c1-14-6-5-7-16(15(14)2)17(21)18-10-12-20(13-11-18)24(22,23)19-8-3-4-9-19/h5-7H,3-4,8-13H2,1-2H3. The molecular weight excluding hydrogens is 326 g/mol. The number of nitrogens with zero attached hydrogens (tertiary/aromatic N) is 3. The van der Waals surface area contributed by atoms with Crippen molar-refractivity contribution in [2.45, 2.75) is 26.7 Å². The summed E-state index contributed by atoms with van der Waals surface area (Å²) >= 11 is 0. The summed E-state index contributed by atoms with van der Waals surface area (Å²) in [5.41, 5.74) is 2.80. The number of amides is 1. The molecule has 0 aromatic heterocycles. The summed E-state index contributed by atoms with van der Waals surface area (Å²) in [6.45, 7) is 6.81. The van der Waals surface area contributed by atoms with Crippen LogP contribution in [0.4, 0.5) is 0 Å². The maximum Gasteiger partial charge on any atom is 0.282 e. The Morgan fingerprint density at radius 3 is 2.12 bits per heavy atom. The first-order valence-corrected chi connectivity index (χ1v) is 9.91. The van der Waals surface area contributed by atoms with Gasteiger partial charge in [-0.1, -0.05) is 12.1 Å². The highest BCUT2D eigenvalue weighted by Crippen LogP contribution is 2.20. The smallest absolute Gasteiger partial charge is 0.282 e. The van der Waals surface area contributed by atoms with E-state index in [4.69, 9.17) is 0 Å². The van der Waals surface area contributed by atoms with E-state index >= 15 is 0 Å². The molecule has 2 aliphatic heterocycles. The number of carbonyl (C=O) groups excluding carboxylic acids is 1. The minimum absolute atomic E-state index is 0.00517. The zero-order chi connectivity index (χ0) is 17.3. The molecule has 0 spiro atoms. The van der Waals surface area contributed by atoms with Gasteiger partial charge >= 0.3 is 0 Å². The quantitative estimate of drug-likeness (QED) is 0.827. The highest BCUT2D eigenvalue weighted by Gasteiger charge is 2.34. The Balaban J connectivity index is 1.66. The molecule has 1 amide bonds. The van der Waals surface area contributed by atoms with E-state index in [-0.39, 0.29) is 5.91 Å². The highest BCUT2D eigenvalue weighted by atomic mass is 32.2. The first kappa shape index (κ1) is 17.4. The molecule has 24 heavy (non-hydrogen) atoms. The minimum Gasteiger partial charge on any atom is -0.336 e. The number of rotatable bonds is 3. The number of aryl methyl sites for hydroxylation is 1. The van der Waals surface area contributed by atoms with Crippen LogP contribution in [-0.2, 0) is 10.2 Å². The van der Waals surface area contributed by atoms with Gasteiger partial charge in [-0.15, -0.1) is 0 Å². The van der Waals surface area contributed by atoms with Gasteiger partial charge in [0.25, 0.3) is 16.1 Å². The molecule has 0 atom stereocenters. The van der Waals surface area contributed by atoms with E-state index in [2.05, 4.69) is 0 Å². The Hall–Kier alpha value is -1.44. The Bertz CT molecular complexity index is 719. The van der Waals surface area contributed by atoms with Crippen molar-refractivity contribution in [2.24, 2.45) is 0 Å². The molecule has 6 nitrogen and oxygen atoms in total. The van der Waals surface area contributed by atoms with Gasteiger partial charge in [-0.2, -0.15) is 17.0 Å². The fraction of sp³-hybridized carbons (Fsp3) is 0.588. The normalized spacial score (nSPS) is 20.5. The first-order chi connectivity index (χ1) is 11.4. The monoisotopic (exact) mass is 351 g/mol. The van der Waals surface area contributed by atoms with Gasteiger partial charge in [0.1, 0.15) is 0 Å². The number of carbonyl (C=O) groups is 1. The topological polar surface area (TPSA) is 60.9 Å². The molecule has 1 aromatic rings. The molecule has 0 saturated carbocycles. The third-order valence-corrected chi connectivity index (χ3v) is 7.11. The van der Waals surface area contributed by atoms with Crippen LogP contribution in [0.25, 0.3) is 0 Å². The third kappa shape index (κ3) is 3.20. The van der Waals surface area contributed by atoms with Crippen LogP contribution in [0.2, 0.25) is 0 Å². The highest BCUT2D eigenvalue weighted by molar-refractivity contribution is 7.86. The van der Waals surface area contributed by atoms with Crippen LogP contribution < -0.4 is 0 Å². The van der Waals surface area contributed by atoms with Crippen molar-refractivity contribution in [3.8, 4) is 0 Å². The molecule has 2 heterocycles. The predicted molar refractivity (Wildman–Crippen MR) is 93.1 cm³/mol. The second kappa shape index (κ2) is 6.82. The zero-order valence-electron chi connectivity index (χ0n) is 14.4. The molecular formula is C17H25N3O3S. The van der Waals surface area contributed by atoms with Crippen LogP contribution >= 0.6 is 0 Å². The van der Waals surface area contributed by atoms with Gasteiger partial charge in [0.2, 0.25) is 0 Å². The molecule has 1 aromatic carbocycles. The fourth-order valence-corrected chi connectivity index (χ4v) is 5.03. The van der Waals surface area contributed by atoms with Gasteiger partial charge in [-0.05, 0) is 43.9 Å². The van der Waals surface area contributed by atoms with Gasteiger partial charge < -0.3 is 4.90 Å². The van der Waals surface area contributed by atoms with Gasteiger partial charge in [0.15, 0.2) is 0 Å². The first-order valence-electron chi connectivity index (χ1n) is 8.52. The van der Waals surface area contributed by atoms with Gasteiger partial charge in [-0.25, -0.2) is 0 Å². The molecule has 2 aliphatic rings. The molecule has 0 aliphatic carbocycles. The van der Waals surface area contributed by atoms with Crippen LogP contribution in [0.15, 0.2) is 18.2 Å². The summed E-state index contributed by atoms with van der Waals surface area (Å²) in [4.78, 5) is 14.5. The number of hydrogen-bond donors (Lipinski definition) is 0. The lowest BCUT2D eigenvalue weighted by Crippen LogP contribution is -2.53. The van der Waals surface area contributed by atoms with E-state index in [1.54, 1.807) is 9.21 Å². The maximum atomic E-state index is 12.7. The summed E-state index contributed by atoms with van der Waals surface area (Å²) in [6, 6.07) is 5.73. The lowest BCUT2D eigenvalue weighted by molar-refractivity contribution is 0.0693. The average Bonchev–Trinajstić information content (AvgIpc) is 3.12. The largest absolute Gasteiger partial charge is 0.336 e. The Morgan fingerprint density at radius 1 is 0.917 bits per heavy atom. The maximum absolute atomic E-state index is 12.7. The molecule has 2 fully saturated rings.